The largest absolute Gasteiger partial charge is 0.215 e. The van der Waals surface area contributed by atoms with Crippen molar-refractivity contribution in [1.82, 2.24) is 4.72 Å². The van der Waals surface area contributed by atoms with Gasteiger partial charge in [-0.05, 0) is 37.0 Å². The summed E-state index contributed by atoms with van der Waals surface area (Å²) in [6.07, 6.45) is 4.14. The third-order valence-corrected chi connectivity index (χ3v) is 5.32. The van der Waals surface area contributed by atoms with Gasteiger partial charge in [-0.2, -0.15) is 0 Å². The number of nitrogens with one attached hydrogen (secondary N) is 1. The molecule has 0 radical (unpaired) electrons. The topological polar surface area (TPSA) is 46.2 Å². The summed E-state index contributed by atoms with van der Waals surface area (Å²) >= 11 is 5.88. The molecule has 17 heavy (non-hydrogen) atoms. The molecule has 1 N–H and O–H groups in total. The number of alkyl halides is 1. The molecular weight excluding hydrogens is 258 g/mol. The molecule has 0 aromatic heterocycles. The number of halogens is 1. The van der Waals surface area contributed by atoms with Gasteiger partial charge in [0.25, 0.3) is 0 Å². The smallest absolute Gasteiger partial charge is 0.211 e. The molecule has 102 valence electrons. The van der Waals surface area contributed by atoms with Crippen LogP contribution >= 0.6 is 11.6 Å². The van der Waals surface area contributed by atoms with E-state index < -0.39 is 10.0 Å². The maximum absolute atomic E-state index is 11.7. The second-order valence-corrected chi connectivity index (χ2v) is 7.69. The summed E-state index contributed by atoms with van der Waals surface area (Å²) < 4.78 is 26.2. The average molecular weight is 282 g/mol. The molecule has 0 amide bonds. The molecule has 1 aliphatic rings. The average Bonchev–Trinajstić information content (AvgIpc) is 2.71. The third-order valence-electron chi connectivity index (χ3n) is 3.54. The summed E-state index contributed by atoms with van der Waals surface area (Å²) in [5.74, 6) is 2.24. The van der Waals surface area contributed by atoms with E-state index in [1.165, 1.54) is 6.42 Å². The molecule has 0 aromatic rings. The fraction of sp³-hybridized carbons (Fsp3) is 1.00. The first-order chi connectivity index (χ1) is 7.94. The highest BCUT2D eigenvalue weighted by atomic mass is 35.5. The summed E-state index contributed by atoms with van der Waals surface area (Å²) in [7, 11) is -3.09. The van der Waals surface area contributed by atoms with Crippen molar-refractivity contribution in [1.29, 1.82) is 0 Å². The van der Waals surface area contributed by atoms with E-state index in [4.69, 9.17) is 11.6 Å². The zero-order chi connectivity index (χ0) is 12.9. The van der Waals surface area contributed by atoms with Crippen LogP contribution in [0.4, 0.5) is 0 Å². The molecule has 0 saturated heterocycles. The lowest BCUT2D eigenvalue weighted by molar-refractivity contribution is 0.418. The lowest BCUT2D eigenvalue weighted by atomic mass is 9.98. The van der Waals surface area contributed by atoms with Gasteiger partial charge in [0.15, 0.2) is 0 Å². The monoisotopic (exact) mass is 281 g/mol. The summed E-state index contributed by atoms with van der Waals surface area (Å²) in [4.78, 5) is 0. The molecule has 1 rings (SSSR count). The minimum atomic E-state index is -3.09. The van der Waals surface area contributed by atoms with Crippen LogP contribution in [0.2, 0.25) is 0 Å². The second-order valence-electron chi connectivity index (χ2n) is 5.46. The Hall–Kier alpha value is 0.200. The molecule has 2 unspecified atom stereocenters. The normalized spacial score (nSPS) is 25.6. The molecular formula is C12H24ClNO2S. The second kappa shape index (κ2) is 6.95. The molecule has 3 nitrogen and oxygen atoms in total. The van der Waals surface area contributed by atoms with E-state index in [-0.39, 0.29) is 5.75 Å². The van der Waals surface area contributed by atoms with Gasteiger partial charge in [0, 0.05) is 12.4 Å². The lowest BCUT2D eigenvalue weighted by Gasteiger charge is -2.17. The van der Waals surface area contributed by atoms with Crippen LogP contribution in [0.25, 0.3) is 0 Å². The number of hydrogen-bond acceptors (Lipinski definition) is 2. The van der Waals surface area contributed by atoms with Crippen molar-refractivity contribution in [2.24, 2.45) is 17.8 Å². The standard InChI is InChI=1S/C12H24ClNO2S/c1-10(2)6-7-17(15,16)14-9-12-5-3-4-11(12)8-13/h10-12,14H,3-9H2,1-2H3. The van der Waals surface area contributed by atoms with Crippen molar-refractivity contribution in [3.05, 3.63) is 0 Å². The number of sulfonamides is 1. The predicted molar refractivity (Wildman–Crippen MR) is 72.8 cm³/mol. The van der Waals surface area contributed by atoms with E-state index in [0.717, 1.165) is 19.3 Å². The van der Waals surface area contributed by atoms with Crippen LogP contribution in [0.1, 0.15) is 39.5 Å². The Labute approximate surface area is 110 Å². The third kappa shape index (κ3) is 5.58. The van der Waals surface area contributed by atoms with Gasteiger partial charge < -0.3 is 0 Å². The molecule has 5 heteroatoms. The van der Waals surface area contributed by atoms with E-state index in [1.54, 1.807) is 0 Å². The van der Waals surface area contributed by atoms with Crippen molar-refractivity contribution in [2.75, 3.05) is 18.2 Å². The predicted octanol–water partition coefficient (Wildman–Crippen LogP) is 2.61. The van der Waals surface area contributed by atoms with Crippen molar-refractivity contribution in [3.8, 4) is 0 Å². The summed E-state index contributed by atoms with van der Waals surface area (Å²) in [6, 6.07) is 0. The SMILES string of the molecule is CC(C)CCS(=O)(=O)NCC1CCCC1CCl. The zero-order valence-electron chi connectivity index (χ0n) is 10.8. The van der Waals surface area contributed by atoms with E-state index in [0.29, 0.717) is 30.2 Å². The van der Waals surface area contributed by atoms with Gasteiger partial charge in [0.1, 0.15) is 0 Å². The Morgan fingerprint density at radius 3 is 2.53 bits per heavy atom. The maximum atomic E-state index is 11.7. The van der Waals surface area contributed by atoms with Crippen LogP contribution in [0.15, 0.2) is 0 Å². The highest BCUT2D eigenvalue weighted by Crippen LogP contribution is 2.32. The van der Waals surface area contributed by atoms with Gasteiger partial charge in [-0.25, -0.2) is 13.1 Å². The summed E-state index contributed by atoms with van der Waals surface area (Å²) in [6.45, 7) is 4.64. The van der Waals surface area contributed by atoms with Crippen molar-refractivity contribution >= 4 is 21.6 Å². The molecule has 0 aromatic carbocycles. The lowest BCUT2D eigenvalue weighted by Crippen LogP contribution is -2.33. The van der Waals surface area contributed by atoms with E-state index in [2.05, 4.69) is 4.72 Å². The quantitative estimate of drug-likeness (QED) is 0.729. The van der Waals surface area contributed by atoms with Crippen LogP contribution < -0.4 is 4.72 Å². The van der Waals surface area contributed by atoms with Crippen LogP contribution in [-0.4, -0.2) is 26.6 Å². The number of rotatable bonds is 7. The van der Waals surface area contributed by atoms with Gasteiger partial charge in [0.2, 0.25) is 10.0 Å². The molecule has 0 bridgehead atoms. The Balaban J connectivity index is 2.33. The fourth-order valence-corrected chi connectivity index (χ4v) is 4.08. The molecule has 2 atom stereocenters. The summed E-state index contributed by atoms with van der Waals surface area (Å²) in [5.41, 5.74) is 0. The van der Waals surface area contributed by atoms with E-state index in [9.17, 15) is 8.42 Å². The molecule has 0 spiro atoms. The van der Waals surface area contributed by atoms with Gasteiger partial charge in [-0.3, -0.25) is 0 Å². The molecule has 0 heterocycles. The Bertz CT molecular complexity index is 316. The first-order valence-electron chi connectivity index (χ1n) is 6.48. The number of hydrogen-bond donors (Lipinski definition) is 1. The fourth-order valence-electron chi connectivity index (χ4n) is 2.28. The Kier molecular flexibility index (Phi) is 6.24. The first kappa shape index (κ1) is 15.3. The summed E-state index contributed by atoms with van der Waals surface area (Å²) in [5, 5.41) is 0. The molecule has 1 aliphatic carbocycles. The van der Waals surface area contributed by atoms with Crippen molar-refractivity contribution in [2.45, 2.75) is 39.5 Å². The van der Waals surface area contributed by atoms with Crippen LogP contribution in [0.5, 0.6) is 0 Å². The van der Waals surface area contributed by atoms with E-state index >= 15 is 0 Å². The molecule has 1 saturated carbocycles. The zero-order valence-corrected chi connectivity index (χ0v) is 12.4. The highest BCUT2D eigenvalue weighted by molar-refractivity contribution is 7.89. The van der Waals surface area contributed by atoms with Crippen LogP contribution in [-0.2, 0) is 10.0 Å². The Morgan fingerprint density at radius 1 is 1.29 bits per heavy atom. The minimum Gasteiger partial charge on any atom is -0.215 e. The first-order valence-corrected chi connectivity index (χ1v) is 8.66. The van der Waals surface area contributed by atoms with Gasteiger partial charge in [-0.15, -0.1) is 11.6 Å². The van der Waals surface area contributed by atoms with E-state index in [1.807, 2.05) is 13.8 Å². The molecule has 0 aliphatic heterocycles. The Morgan fingerprint density at radius 2 is 1.94 bits per heavy atom. The molecule has 1 fully saturated rings. The van der Waals surface area contributed by atoms with Crippen molar-refractivity contribution < 1.29 is 8.42 Å². The maximum Gasteiger partial charge on any atom is 0.211 e. The van der Waals surface area contributed by atoms with Crippen LogP contribution in [0, 0.1) is 17.8 Å². The minimum absolute atomic E-state index is 0.239. The van der Waals surface area contributed by atoms with Gasteiger partial charge in [0.05, 0.1) is 5.75 Å². The van der Waals surface area contributed by atoms with Gasteiger partial charge in [-0.1, -0.05) is 20.3 Å². The highest BCUT2D eigenvalue weighted by Gasteiger charge is 2.27. The van der Waals surface area contributed by atoms with Crippen molar-refractivity contribution in [3.63, 3.8) is 0 Å². The van der Waals surface area contributed by atoms with Gasteiger partial charge >= 0.3 is 0 Å². The van der Waals surface area contributed by atoms with Crippen LogP contribution in [0.3, 0.4) is 0 Å².